The molecular weight excluding hydrogens is 312 g/mol. The van der Waals surface area contributed by atoms with Gasteiger partial charge in [-0.3, -0.25) is 0 Å². The minimum atomic E-state index is 0.587. The molecule has 0 spiro atoms. The number of unbranched alkanes of at least 4 members (excludes halogenated alkanes) is 1. The summed E-state index contributed by atoms with van der Waals surface area (Å²) < 4.78 is 0. The summed E-state index contributed by atoms with van der Waals surface area (Å²) in [7, 11) is 0. The van der Waals surface area contributed by atoms with Crippen LogP contribution in [0.5, 0.6) is 0 Å². The van der Waals surface area contributed by atoms with E-state index < -0.39 is 0 Å². The van der Waals surface area contributed by atoms with Gasteiger partial charge >= 0.3 is 0 Å². The van der Waals surface area contributed by atoms with Gasteiger partial charge in [-0.2, -0.15) is 0 Å². The summed E-state index contributed by atoms with van der Waals surface area (Å²) in [4.78, 5) is 0. The number of hydrogen-bond donors (Lipinski definition) is 0. The van der Waals surface area contributed by atoms with Gasteiger partial charge in [-0.1, -0.05) is 77.2 Å². The Kier molecular flexibility index (Phi) is 6.73. The van der Waals surface area contributed by atoms with Crippen molar-refractivity contribution in [2.75, 3.05) is 0 Å². The smallest absolute Gasteiger partial charge is 0.0143 e. The molecule has 3 saturated carbocycles. The first kappa shape index (κ1) is 20.2. The zero-order chi connectivity index (χ0) is 18.7. The van der Waals surface area contributed by atoms with Gasteiger partial charge in [-0.25, -0.2) is 0 Å². The van der Waals surface area contributed by atoms with E-state index in [2.05, 4.69) is 46.8 Å². The van der Waals surface area contributed by atoms with E-state index in [1.165, 1.54) is 70.6 Å². The first-order valence-electron chi connectivity index (χ1n) is 11.8. The Bertz CT molecular complexity index is 524. The lowest BCUT2D eigenvalue weighted by atomic mass is 9.60. The Balaban J connectivity index is 1.71. The third-order valence-corrected chi connectivity index (χ3v) is 8.75. The van der Waals surface area contributed by atoms with Crippen LogP contribution in [0.15, 0.2) is 23.3 Å². The van der Waals surface area contributed by atoms with Crippen LogP contribution in [0.3, 0.4) is 0 Å². The molecule has 0 nitrogen and oxygen atoms in total. The van der Waals surface area contributed by atoms with Crippen LogP contribution in [-0.4, -0.2) is 0 Å². The molecule has 3 aliphatic rings. The van der Waals surface area contributed by atoms with Crippen LogP contribution in [0.25, 0.3) is 0 Å². The molecule has 3 rings (SSSR count). The molecule has 0 amide bonds. The third-order valence-electron chi connectivity index (χ3n) is 8.75. The molecule has 148 valence electrons. The molecule has 3 fully saturated rings. The first-order valence-corrected chi connectivity index (χ1v) is 11.8. The van der Waals surface area contributed by atoms with Crippen molar-refractivity contribution in [1.29, 1.82) is 0 Å². The molecule has 0 aliphatic heterocycles. The number of fused-ring (bicyclic) bond motifs is 1. The summed E-state index contributed by atoms with van der Waals surface area (Å²) in [6.45, 7) is 12.4. The molecule has 0 aromatic carbocycles. The lowest BCUT2D eigenvalue weighted by molar-refractivity contribution is 0.0934. The average Bonchev–Trinajstić information content (AvgIpc) is 2.98. The molecule has 26 heavy (non-hydrogen) atoms. The molecule has 0 saturated heterocycles. The summed E-state index contributed by atoms with van der Waals surface area (Å²) in [5.41, 5.74) is 4.12. The normalized spacial score (nSPS) is 42.2. The van der Waals surface area contributed by atoms with Crippen molar-refractivity contribution < 1.29 is 0 Å². The highest BCUT2D eigenvalue weighted by Crippen LogP contribution is 2.59. The van der Waals surface area contributed by atoms with Crippen LogP contribution in [0.4, 0.5) is 0 Å². The van der Waals surface area contributed by atoms with E-state index in [0.717, 1.165) is 29.6 Å². The van der Waals surface area contributed by atoms with Crippen molar-refractivity contribution in [3.05, 3.63) is 23.3 Å². The standard InChI is InChI=1S/C26H44/c1-6-7-9-20(3)24-15-16-25-23(10-8-17-26(24,25)5)14-13-22-12-11-19(2)21(4)18-22/h13-14,19-21,24-25H,6-12,15-18H2,1-5H3/b22-13-,23-14+. The molecule has 0 aromatic heterocycles. The summed E-state index contributed by atoms with van der Waals surface area (Å²) in [6.07, 6.45) is 20.6. The number of rotatable bonds is 5. The highest BCUT2D eigenvalue weighted by molar-refractivity contribution is 5.25. The van der Waals surface area contributed by atoms with Crippen molar-refractivity contribution in [2.45, 2.75) is 105 Å². The summed E-state index contributed by atoms with van der Waals surface area (Å²) in [5, 5.41) is 0. The lowest BCUT2D eigenvalue weighted by Gasteiger charge is -2.44. The maximum atomic E-state index is 2.66. The molecular formula is C26H44. The van der Waals surface area contributed by atoms with Gasteiger partial charge in [-0.15, -0.1) is 0 Å². The predicted octanol–water partition coefficient (Wildman–Crippen LogP) is 8.34. The monoisotopic (exact) mass is 356 g/mol. The Morgan fingerprint density at radius 2 is 1.88 bits per heavy atom. The van der Waals surface area contributed by atoms with E-state index in [4.69, 9.17) is 0 Å². The Morgan fingerprint density at radius 1 is 1.08 bits per heavy atom. The van der Waals surface area contributed by atoms with Gasteiger partial charge in [0.25, 0.3) is 0 Å². The Hall–Kier alpha value is -0.520. The van der Waals surface area contributed by atoms with Gasteiger partial charge in [0.1, 0.15) is 0 Å². The molecule has 6 atom stereocenters. The van der Waals surface area contributed by atoms with Gasteiger partial charge in [-0.05, 0) is 86.4 Å². The van der Waals surface area contributed by atoms with Crippen molar-refractivity contribution >= 4 is 0 Å². The van der Waals surface area contributed by atoms with Crippen LogP contribution < -0.4 is 0 Å². The van der Waals surface area contributed by atoms with Crippen LogP contribution in [0.2, 0.25) is 0 Å². The molecule has 0 N–H and O–H groups in total. The topological polar surface area (TPSA) is 0 Å². The van der Waals surface area contributed by atoms with E-state index in [9.17, 15) is 0 Å². The highest BCUT2D eigenvalue weighted by Gasteiger charge is 2.50. The Morgan fingerprint density at radius 3 is 2.62 bits per heavy atom. The largest absolute Gasteiger partial charge is 0.0699 e. The first-order chi connectivity index (χ1) is 12.5. The fourth-order valence-corrected chi connectivity index (χ4v) is 6.73. The van der Waals surface area contributed by atoms with Crippen molar-refractivity contribution in [1.82, 2.24) is 0 Å². The molecule has 3 aliphatic carbocycles. The predicted molar refractivity (Wildman–Crippen MR) is 115 cm³/mol. The second kappa shape index (κ2) is 8.66. The molecule has 6 unspecified atom stereocenters. The van der Waals surface area contributed by atoms with Gasteiger partial charge in [0, 0.05) is 0 Å². The van der Waals surface area contributed by atoms with Gasteiger partial charge in [0.15, 0.2) is 0 Å². The van der Waals surface area contributed by atoms with E-state index in [0.29, 0.717) is 5.41 Å². The average molecular weight is 357 g/mol. The van der Waals surface area contributed by atoms with Crippen LogP contribution in [-0.2, 0) is 0 Å². The fraction of sp³-hybridized carbons (Fsp3) is 0.846. The molecule has 0 aromatic rings. The highest BCUT2D eigenvalue weighted by atomic mass is 14.5. The quantitative estimate of drug-likeness (QED) is 0.464. The van der Waals surface area contributed by atoms with Crippen molar-refractivity contribution in [3.8, 4) is 0 Å². The second-order valence-electron chi connectivity index (χ2n) is 10.5. The van der Waals surface area contributed by atoms with E-state index in [1.54, 1.807) is 5.57 Å². The van der Waals surface area contributed by atoms with E-state index >= 15 is 0 Å². The zero-order valence-corrected chi connectivity index (χ0v) is 18.3. The van der Waals surface area contributed by atoms with Crippen LogP contribution in [0, 0.1) is 35.0 Å². The van der Waals surface area contributed by atoms with Crippen LogP contribution >= 0.6 is 0 Å². The maximum Gasteiger partial charge on any atom is -0.0143 e. The molecule has 0 radical (unpaired) electrons. The van der Waals surface area contributed by atoms with Gasteiger partial charge in [0.05, 0.1) is 0 Å². The van der Waals surface area contributed by atoms with E-state index in [1.807, 2.05) is 5.57 Å². The van der Waals surface area contributed by atoms with E-state index in [-0.39, 0.29) is 0 Å². The van der Waals surface area contributed by atoms with Gasteiger partial charge in [0.2, 0.25) is 0 Å². The van der Waals surface area contributed by atoms with Gasteiger partial charge < -0.3 is 0 Å². The third kappa shape index (κ3) is 4.15. The second-order valence-corrected chi connectivity index (χ2v) is 10.5. The van der Waals surface area contributed by atoms with Crippen LogP contribution in [0.1, 0.15) is 105 Å². The Labute approximate surface area is 163 Å². The molecule has 0 heteroatoms. The zero-order valence-electron chi connectivity index (χ0n) is 18.3. The minimum Gasteiger partial charge on any atom is -0.0699 e. The summed E-state index contributed by atoms with van der Waals surface area (Å²) in [5.74, 6) is 4.55. The van der Waals surface area contributed by atoms with Crippen molar-refractivity contribution in [2.24, 2.45) is 35.0 Å². The molecule has 0 bridgehead atoms. The fourth-order valence-electron chi connectivity index (χ4n) is 6.73. The minimum absolute atomic E-state index is 0.587. The molecule has 0 heterocycles. The number of allylic oxidation sites excluding steroid dienone is 4. The number of hydrogen-bond acceptors (Lipinski definition) is 0. The maximum absolute atomic E-state index is 2.66. The SMILES string of the molecule is CCCCC(C)C1CCC2/C(=C/C=C3/CCC(C)C(C)C3)CCCC21C. The summed E-state index contributed by atoms with van der Waals surface area (Å²) in [6, 6.07) is 0. The van der Waals surface area contributed by atoms with Crippen molar-refractivity contribution in [3.63, 3.8) is 0 Å². The lowest BCUT2D eigenvalue weighted by Crippen LogP contribution is -2.36. The summed E-state index contributed by atoms with van der Waals surface area (Å²) >= 11 is 0.